The van der Waals surface area contributed by atoms with E-state index in [2.05, 4.69) is 42.9 Å². The van der Waals surface area contributed by atoms with Crippen LogP contribution in [0.25, 0.3) is 0 Å². The van der Waals surface area contributed by atoms with Gasteiger partial charge < -0.3 is 14.7 Å². The quantitative estimate of drug-likeness (QED) is 0.564. The molecule has 0 saturated carbocycles. The Balaban J connectivity index is 4.33. The first kappa shape index (κ1) is 18.1. The average molecular weight is 269 g/mol. The van der Waals surface area contributed by atoms with Crippen LogP contribution in [-0.2, 0) is 4.79 Å². The number of ketones is 1. The van der Waals surface area contributed by atoms with E-state index in [1.807, 2.05) is 6.92 Å². The van der Waals surface area contributed by atoms with Gasteiger partial charge in [0.15, 0.2) is 5.78 Å². The highest BCUT2D eigenvalue weighted by Gasteiger charge is 2.06. The third-order valence-corrected chi connectivity index (χ3v) is 2.98. The molecule has 112 valence electrons. The van der Waals surface area contributed by atoms with Gasteiger partial charge >= 0.3 is 0 Å². The summed E-state index contributed by atoms with van der Waals surface area (Å²) in [5.74, 6) is 0.128. The molecule has 0 bridgehead atoms. The van der Waals surface area contributed by atoms with Gasteiger partial charge in [0, 0.05) is 18.8 Å². The normalized spacial score (nSPS) is 12.3. The number of hydrogen-bond acceptors (Lipinski definition) is 4. The Morgan fingerprint density at radius 2 is 1.26 bits per heavy atom. The zero-order chi connectivity index (χ0) is 14.8. The van der Waals surface area contributed by atoms with Crippen LogP contribution in [0.2, 0.25) is 0 Å². The van der Waals surface area contributed by atoms with Crippen molar-refractivity contribution in [3.05, 3.63) is 11.8 Å². The zero-order valence-corrected chi connectivity index (χ0v) is 13.6. The summed E-state index contributed by atoms with van der Waals surface area (Å²) in [5, 5.41) is 0. The third-order valence-electron chi connectivity index (χ3n) is 2.98. The fraction of sp³-hybridized carbons (Fsp3) is 0.800. The van der Waals surface area contributed by atoms with E-state index in [-0.39, 0.29) is 5.78 Å². The van der Waals surface area contributed by atoms with Gasteiger partial charge in [0.2, 0.25) is 0 Å². The van der Waals surface area contributed by atoms with Gasteiger partial charge in [-0.05, 0) is 74.0 Å². The minimum atomic E-state index is 0.128. The van der Waals surface area contributed by atoms with Crippen LogP contribution in [0.15, 0.2) is 11.8 Å². The Labute approximate surface area is 119 Å². The second kappa shape index (κ2) is 9.98. The van der Waals surface area contributed by atoms with Crippen LogP contribution < -0.4 is 0 Å². The Morgan fingerprint density at radius 1 is 0.842 bits per heavy atom. The molecule has 0 aromatic heterocycles. The van der Waals surface area contributed by atoms with E-state index in [1.54, 1.807) is 13.0 Å². The maximum atomic E-state index is 11.2. The SMILES string of the molecule is CC(=O)/C=C(\C)N(CCCN(C)C)CCCN(C)C. The molecule has 0 aromatic rings. The van der Waals surface area contributed by atoms with Gasteiger partial charge in [-0.2, -0.15) is 0 Å². The summed E-state index contributed by atoms with van der Waals surface area (Å²) in [4.78, 5) is 17.9. The van der Waals surface area contributed by atoms with Crippen molar-refractivity contribution in [2.45, 2.75) is 26.7 Å². The number of carbonyl (C=O) groups excluding carboxylic acids is 1. The monoisotopic (exact) mass is 269 g/mol. The fourth-order valence-electron chi connectivity index (χ4n) is 2.01. The molecule has 19 heavy (non-hydrogen) atoms. The van der Waals surface area contributed by atoms with Gasteiger partial charge in [0.1, 0.15) is 0 Å². The lowest BCUT2D eigenvalue weighted by Gasteiger charge is -2.26. The number of hydrogen-bond donors (Lipinski definition) is 0. The second-order valence-electron chi connectivity index (χ2n) is 5.70. The summed E-state index contributed by atoms with van der Waals surface area (Å²) in [6.45, 7) is 7.84. The minimum absolute atomic E-state index is 0.128. The molecular formula is C15H31N3O. The third kappa shape index (κ3) is 10.7. The van der Waals surface area contributed by atoms with Crippen molar-refractivity contribution in [3.8, 4) is 0 Å². The molecule has 0 heterocycles. The minimum Gasteiger partial charge on any atom is -0.375 e. The van der Waals surface area contributed by atoms with Gasteiger partial charge in [0.25, 0.3) is 0 Å². The van der Waals surface area contributed by atoms with Crippen molar-refractivity contribution in [2.75, 3.05) is 54.4 Å². The van der Waals surface area contributed by atoms with Gasteiger partial charge in [0.05, 0.1) is 0 Å². The van der Waals surface area contributed by atoms with Crippen LogP contribution in [-0.4, -0.2) is 74.9 Å². The van der Waals surface area contributed by atoms with E-state index < -0.39 is 0 Å². The molecule has 0 radical (unpaired) electrons. The number of rotatable bonds is 10. The summed E-state index contributed by atoms with van der Waals surface area (Å²) < 4.78 is 0. The lowest BCUT2D eigenvalue weighted by atomic mass is 10.2. The number of allylic oxidation sites excluding steroid dienone is 2. The molecule has 0 unspecified atom stereocenters. The molecule has 0 N–H and O–H groups in total. The lowest BCUT2D eigenvalue weighted by molar-refractivity contribution is -0.112. The van der Waals surface area contributed by atoms with Gasteiger partial charge in [-0.15, -0.1) is 0 Å². The predicted molar refractivity (Wildman–Crippen MR) is 82.4 cm³/mol. The van der Waals surface area contributed by atoms with Gasteiger partial charge in [-0.25, -0.2) is 0 Å². The maximum absolute atomic E-state index is 11.2. The highest BCUT2D eigenvalue weighted by molar-refractivity contribution is 5.87. The van der Waals surface area contributed by atoms with Crippen molar-refractivity contribution in [3.63, 3.8) is 0 Å². The molecule has 0 atom stereocenters. The Hall–Kier alpha value is -0.870. The molecule has 4 nitrogen and oxygen atoms in total. The number of carbonyl (C=O) groups is 1. The van der Waals surface area contributed by atoms with E-state index in [1.165, 1.54) is 0 Å². The Morgan fingerprint density at radius 3 is 1.58 bits per heavy atom. The van der Waals surface area contributed by atoms with Gasteiger partial charge in [-0.1, -0.05) is 0 Å². The van der Waals surface area contributed by atoms with Crippen molar-refractivity contribution in [1.82, 2.24) is 14.7 Å². The molecular weight excluding hydrogens is 238 g/mol. The predicted octanol–water partition coefficient (Wildman–Crippen LogP) is 1.68. The summed E-state index contributed by atoms with van der Waals surface area (Å²) in [5.41, 5.74) is 1.09. The molecule has 0 fully saturated rings. The summed E-state index contributed by atoms with van der Waals surface area (Å²) in [6, 6.07) is 0. The smallest absolute Gasteiger partial charge is 0.154 e. The maximum Gasteiger partial charge on any atom is 0.154 e. The molecule has 0 amide bonds. The molecule has 0 aliphatic carbocycles. The van der Waals surface area contributed by atoms with E-state index in [0.717, 1.165) is 44.7 Å². The van der Waals surface area contributed by atoms with Crippen molar-refractivity contribution < 1.29 is 4.79 Å². The van der Waals surface area contributed by atoms with E-state index in [0.29, 0.717) is 0 Å². The molecule has 0 aromatic carbocycles. The van der Waals surface area contributed by atoms with Gasteiger partial charge in [-0.3, -0.25) is 4.79 Å². The van der Waals surface area contributed by atoms with Crippen LogP contribution in [0.4, 0.5) is 0 Å². The molecule has 4 heteroatoms. The Bertz CT molecular complexity index is 271. The molecule has 0 saturated heterocycles. The van der Waals surface area contributed by atoms with Crippen LogP contribution in [0.5, 0.6) is 0 Å². The fourth-order valence-corrected chi connectivity index (χ4v) is 2.01. The standard InChI is InChI=1S/C15H31N3O/c1-14(13-15(2)19)18(11-7-9-16(3)4)12-8-10-17(5)6/h13H,7-12H2,1-6H3/b14-13+. The van der Waals surface area contributed by atoms with Crippen LogP contribution in [0.1, 0.15) is 26.7 Å². The van der Waals surface area contributed by atoms with Crippen molar-refractivity contribution in [2.24, 2.45) is 0 Å². The highest BCUT2D eigenvalue weighted by atomic mass is 16.1. The molecule has 0 aliphatic rings. The zero-order valence-electron chi connectivity index (χ0n) is 13.6. The molecule has 0 aliphatic heterocycles. The molecule has 0 rings (SSSR count). The van der Waals surface area contributed by atoms with Crippen molar-refractivity contribution >= 4 is 5.78 Å². The van der Waals surface area contributed by atoms with E-state index in [4.69, 9.17) is 0 Å². The summed E-state index contributed by atoms with van der Waals surface area (Å²) in [7, 11) is 8.37. The summed E-state index contributed by atoms with van der Waals surface area (Å²) >= 11 is 0. The van der Waals surface area contributed by atoms with Crippen LogP contribution in [0.3, 0.4) is 0 Å². The topological polar surface area (TPSA) is 26.8 Å². The van der Waals surface area contributed by atoms with E-state index >= 15 is 0 Å². The number of nitrogens with zero attached hydrogens (tertiary/aromatic N) is 3. The van der Waals surface area contributed by atoms with Crippen LogP contribution >= 0.6 is 0 Å². The first-order valence-electron chi connectivity index (χ1n) is 7.06. The van der Waals surface area contributed by atoms with Crippen molar-refractivity contribution in [1.29, 1.82) is 0 Å². The first-order valence-corrected chi connectivity index (χ1v) is 7.06. The first-order chi connectivity index (χ1) is 8.82. The largest absolute Gasteiger partial charge is 0.375 e. The lowest BCUT2D eigenvalue weighted by Crippen LogP contribution is -2.29. The molecule has 0 spiro atoms. The highest BCUT2D eigenvalue weighted by Crippen LogP contribution is 2.06. The Kier molecular flexibility index (Phi) is 9.53. The summed E-state index contributed by atoms with van der Waals surface area (Å²) in [6.07, 6.45) is 3.99. The second-order valence-corrected chi connectivity index (χ2v) is 5.70. The average Bonchev–Trinajstić information content (AvgIpc) is 2.25. The van der Waals surface area contributed by atoms with Crippen LogP contribution in [0, 0.1) is 0 Å². The van der Waals surface area contributed by atoms with E-state index in [9.17, 15) is 4.79 Å².